The molecule has 1 amide bonds. The number of amides is 1. The van der Waals surface area contributed by atoms with Gasteiger partial charge < -0.3 is 10.2 Å². The molecule has 0 unspecified atom stereocenters. The quantitative estimate of drug-likeness (QED) is 0.916. The van der Waals surface area contributed by atoms with E-state index in [1.807, 2.05) is 12.1 Å². The summed E-state index contributed by atoms with van der Waals surface area (Å²) in [5, 5.41) is 3.41. The molecule has 24 heavy (non-hydrogen) atoms. The van der Waals surface area contributed by atoms with Crippen LogP contribution in [-0.2, 0) is 0 Å². The van der Waals surface area contributed by atoms with Crippen LogP contribution in [0.3, 0.4) is 0 Å². The number of nitrogens with zero attached hydrogens (tertiary/aromatic N) is 1. The van der Waals surface area contributed by atoms with Crippen molar-refractivity contribution in [3.8, 4) is 0 Å². The van der Waals surface area contributed by atoms with Crippen LogP contribution in [0.5, 0.6) is 0 Å². The van der Waals surface area contributed by atoms with Crippen molar-refractivity contribution in [1.29, 1.82) is 0 Å². The van der Waals surface area contributed by atoms with Gasteiger partial charge >= 0.3 is 0 Å². The Hall–Kier alpha value is -1.51. The highest BCUT2D eigenvalue weighted by molar-refractivity contribution is 5.94. The lowest BCUT2D eigenvalue weighted by molar-refractivity contribution is -0.0119. The van der Waals surface area contributed by atoms with Crippen LogP contribution in [-0.4, -0.2) is 25.0 Å². The van der Waals surface area contributed by atoms with Gasteiger partial charge in [0, 0.05) is 30.4 Å². The molecule has 1 N–H and O–H groups in total. The van der Waals surface area contributed by atoms with Crippen LogP contribution in [0.2, 0.25) is 0 Å². The van der Waals surface area contributed by atoms with Crippen molar-refractivity contribution in [2.75, 3.05) is 18.0 Å². The highest BCUT2D eigenvalue weighted by Crippen LogP contribution is 2.53. The molecule has 4 saturated carbocycles. The molecule has 5 fully saturated rings. The summed E-state index contributed by atoms with van der Waals surface area (Å²) < 4.78 is 0. The second-order valence-corrected chi connectivity index (χ2v) is 8.67. The van der Waals surface area contributed by atoms with E-state index in [4.69, 9.17) is 0 Å². The molecular weight excluding hydrogens is 296 g/mol. The van der Waals surface area contributed by atoms with Gasteiger partial charge in [0.15, 0.2) is 0 Å². The fraction of sp³-hybridized carbons (Fsp3) is 0.667. The molecule has 0 radical (unpaired) electrons. The van der Waals surface area contributed by atoms with E-state index in [-0.39, 0.29) is 5.91 Å². The molecular formula is C21H28N2O. The van der Waals surface area contributed by atoms with Crippen LogP contribution < -0.4 is 10.2 Å². The van der Waals surface area contributed by atoms with Gasteiger partial charge in [-0.25, -0.2) is 0 Å². The van der Waals surface area contributed by atoms with Crippen molar-refractivity contribution in [3.05, 3.63) is 29.8 Å². The third-order valence-electron chi connectivity index (χ3n) is 7.13. The summed E-state index contributed by atoms with van der Waals surface area (Å²) >= 11 is 0. The Labute approximate surface area is 144 Å². The molecule has 1 aromatic rings. The normalized spacial score (nSPS) is 37.0. The molecule has 128 valence electrons. The van der Waals surface area contributed by atoms with Gasteiger partial charge in [-0.2, -0.15) is 0 Å². The fourth-order valence-electron chi connectivity index (χ4n) is 6.19. The highest BCUT2D eigenvalue weighted by atomic mass is 16.1. The van der Waals surface area contributed by atoms with Crippen LogP contribution in [0.1, 0.15) is 55.3 Å². The molecule has 3 nitrogen and oxygen atoms in total. The molecule has 3 heteroatoms. The predicted molar refractivity (Wildman–Crippen MR) is 96.2 cm³/mol. The lowest BCUT2D eigenvalue weighted by Gasteiger charge is -2.54. The van der Waals surface area contributed by atoms with Gasteiger partial charge in [-0.1, -0.05) is 0 Å². The monoisotopic (exact) mass is 324 g/mol. The second-order valence-electron chi connectivity index (χ2n) is 8.67. The summed E-state index contributed by atoms with van der Waals surface area (Å²) in [4.78, 5) is 15.2. The van der Waals surface area contributed by atoms with Gasteiger partial charge in [-0.15, -0.1) is 0 Å². The minimum Gasteiger partial charge on any atom is -0.372 e. The molecule has 6 rings (SSSR count). The maximum Gasteiger partial charge on any atom is 0.251 e. The number of nitrogens with one attached hydrogen (secondary N) is 1. The summed E-state index contributed by atoms with van der Waals surface area (Å²) in [5.74, 6) is 3.55. The van der Waals surface area contributed by atoms with Gasteiger partial charge in [-0.05, 0) is 92.9 Å². The zero-order chi connectivity index (χ0) is 16.1. The van der Waals surface area contributed by atoms with E-state index in [1.54, 1.807) is 0 Å². The first kappa shape index (κ1) is 14.8. The van der Waals surface area contributed by atoms with Crippen molar-refractivity contribution in [2.45, 2.75) is 51.0 Å². The molecule has 1 saturated heterocycles. The minimum atomic E-state index is 0.139. The van der Waals surface area contributed by atoms with Crippen LogP contribution in [0, 0.1) is 23.7 Å². The van der Waals surface area contributed by atoms with Crippen molar-refractivity contribution >= 4 is 11.6 Å². The molecule has 0 spiro atoms. The van der Waals surface area contributed by atoms with Gasteiger partial charge in [0.25, 0.3) is 5.91 Å². The number of carbonyl (C=O) groups is 1. The van der Waals surface area contributed by atoms with E-state index in [2.05, 4.69) is 22.3 Å². The molecule has 0 aromatic heterocycles. The average Bonchev–Trinajstić information content (AvgIpc) is 3.12. The Kier molecular flexibility index (Phi) is 3.57. The van der Waals surface area contributed by atoms with E-state index >= 15 is 0 Å². The van der Waals surface area contributed by atoms with E-state index < -0.39 is 0 Å². The van der Waals surface area contributed by atoms with Gasteiger partial charge in [0.05, 0.1) is 0 Å². The van der Waals surface area contributed by atoms with E-state index in [9.17, 15) is 4.79 Å². The first-order valence-corrected chi connectivity index (χ1v) is 9.92. The van der Waals surface area contributed by atoms with Crippen LogP contribution in [0.25, 0.3) is 0 Å². The summed E-state index contributed by atoms with van der Waals surface area (Å²) in [7, 11) is 0. The number of hydrogen-bond acceptors (Lipinski definition) is 2. The molecule has 4 aliphatic carbocycles. The fourth-order valence-corrected chi connectivity index (χ4v) is 6.19. The first-order valence-electron chi connectivity index (χ1n) is 9.92. The summed E-state index contributed by atoms with van der Waals surface area (Å²) in [6.07, 6.45) is 9.45. The second kappa shape index (κ2) is 5.79. The number of anilines is 1. The third-order valence-corrected chi connectivity index (χ3v) is 7.13. The number of hydrogen-bond donors (Lipinski definition) is 1. The van der Waals surface area contributed by atoms with Crippen molar-refractivity contribution in [1.82, 2.24) is 5.32 Å². The Morgan fingerprint density at radius 3 is 2.04 bits per heavy atom. The average molecular weight is 324 g/mol. The zero-order valence-corrected chi connectivity index (χ0v) is 14.4. The SMILES string of the molecule is O=C(NC1C2CC3CC(C2)CC1C3)c1ccc(N2CCCC2)cc1. The van der Waals surface area contributed by atoms with Crippen molar-refractivity contribution in [2.24, 2.45) is 23.7 Å². The maximum absolute atomic E-state index is 12.7. The molecule has 1 aromatic carbocycles. The Balaban J connectivity index is 1.27. The highest BCUT2D eigenvalue weighted by Gasteiger charge is 2.48. The molecule has 5 aliphatic rings. The van der Waals surface area contributed by atoms with Crippen LogP contribution >= 0.6 is 0 Å². The summed E-state index contributed by atoms with van der Waals surface area (Å²) in [6.45, 7) is 2.30. The Bertz CT molecular complexity index is 589. The summed E-state index contributed by atoms with van der Waals surface area (Å²) in [5.41, 5.74) is 2.09. The standard InChI is InChI=1S/C21H28N2O/c24-21(16-3-5-19(6-4-16)23-7-1-2-8-23)22-20-17-10-14-9-15(12-17)13-18(20)11-14/h3-6,14-15,17-18,20H,1-2,7-13H2,(H,22,24). The van der Waals surface area contributed by atoms with Gasteiger partial charge in [-0.3, -0.25) is 4.79 Å². The van der Waals surface area contributed by atoms with Crippen LogP contribution in [0.15, 0.2) is 24.3 Å². The molecule has 0 atom stereocenters. The van der Waals surface area contributed by atoms with E-state index in [1.165, 1.54) is 50.6 Å². The zero-order valence-electron chi connectivity index (χ0n) is 14.4. The number of rotatable bonds is 3. The van der Waals surface area contributed by atoms with E-state index in [0.29, 0.717) is 6.04 Å². The first-order chi connectivity index (χ1) is 11.8. The Morgan fingerprint density at radius 1 is 0.875 bits per heavy atom. The maximum atomic E-state index is 12.7. The largest absolute Gasteiger partial charge is 0.372 e. The lowest BCUT2D eigenvalue weighted by atomic mass is 9.54. The van der Waals surface area contributed by atoms with Crippen molar-refractivity contribution in [3.63, 3.8) is 0 Å². The smallest absolute Gasteiger partial charge is 0.251 e. The summed E-state index contributed by atoms with van der Waals surface area (Å²) in [6, 6.07) is 8.70. The van der Waals surface area contributed by atoms with Crippen molar-refractivity contribution < 1.29 is 4.79 Å². The third kappa shape index (κ3) is 2.53. The number of benzene rings is 1. The molecule has 1 heterocycles. The van der Waals surface area contributed by atoms with Gasteiger partial charge in [0.2, 0.25) is 0 Å². The topological polar surface area (TPSA) is 32.3 Å². The van der Waals surface area contributed by atoms with E-state index in [0.717, 1.165) is 42.3 Å². The van der Waals surface area contributed by atoms with Crippen LogP contribution in [0.4, 0.5) is 5.69 Å². The number of carbonyl (C=O) groups excluding carboxylic acids is 1. The molecule has 1 aliphatic heterocycles. The predicted octanol–water partition coefficient (Wildman–Crippen LogP) is 3.84. The lowest BCUT2D eigenvalue weighted by Crippen LogP contribution is -2.55. The molecule has 4 bridgehead atoms. The Morgan fingerprint density at radius 2 is 1.46 bits per heavy atom. The minimum absolute atomic E-state index is 0.139. The van der Waals surface area contributed by atoms with Gasteiger partial charge in [0.1, 0.15) is 0 Å².